The first-order chi connectivity index (χ1) is 7.34. The lowest BCUT2D eigenvalue weighted by Crippen LogP contribution is -2.27. The second-order valence-corrected chi connectivity index (χ2v) is 6.34. The van der Waals surface area contributed by atoms with Crippen molar-refractivity contribution in [3.63, 3.8) is 0 Å². The van der Waals surface area contributed by atoms with Gasteiger partial charge in [0.25, 0.3) is 0 Å². The number of nitrogens with one attached hydrogen (secondary N) is 1. The fraction of sp³-hybridized carbons (Fsp3) is 0.636. The molecule has 15 heavy (non-hydrogen) atoms. The van der Waals surface area contributed by atoms with Gasteiger partial charge in [0.2, 0.25) is 0 Å². The van der Waals surface area contributed by atoms with Crippen LogP contribution in [0.25, 0.3) is 0 Å². The van der Waals surface area contributed by atoms with Crippen LogP contribution in [-0.2, 0) is 11.2 Å². The topological polar surface area (TPSA) is 21.3 Å². The first-order valence-electron chi connectivity index (χ1n) is 5.41. The van der Waals surface area contributed by atoms with Crippen LogP contribution < -0.4 is 5.32 Å². The van der Waals surface area contributed by atoms with Crippen molar-refractivity contribution in [1.29, 1.82) is 0 Å². The highest BCUT2D eigenvalue weighted by Crippen LogP contribution is 2.22. The van der Waals surface area contributed by atoms with Crippen LogP contribution in [0.3, 0.4) is 0 Å². The zero-order valence-electron chi connectivity index (χ0n) is 8.67. The SMILES string of the molecule is Brc1ccc(CCNCC2CCCO2)s1. The quantitative estimate of drug-likeness (QED) is 0.842. The van der Waals surface area contributed by atoms with E-state index in [1.807, 2.05) is 11.3 Å². The summed E-state index contributed by atoms with van der Waals surface area (Å²) in [6.45, 7) is 3.00. The van der Waals surface area contributed by atoms with Crippen LogP contribution in [0.15, 0.2) is 15.9 Å². The van der Waals surface area contributed by atoms with Crippen LogP contribution in [0.2, 0.25) is 0 Å². The molecule has 84 valence electrons. The summed E-state index contributed by atoms with van der Waals surface area (Å²) in [6.07, 6.45) is 4.02. The van der Waals surface area contributed by atoms with Crippen molar-refractivity contribution in [2.75, 3.05) is 19.7 Å². The fourth-order valence-electron chi connectivity index (χ4n) is 1.77. The molecule has 4 heteroatoms. The minimum absolute atomic E-state index is 0.458. The molecule has 2 rings (SSSR count). The number of ether oxygens (including phenoxy) is 1. The lowest BCUT2D eigenvalue weighted by molar-refractivity contribution is 0.110. The lowest BCUT2D eigenvalue weighted by Gasteiger charge is -2.09. The highest BCUT2D eigenvalue weighted by Gasteiger charge is 2.14. The Morgan fingerprint density at radius 3 is 3.13 bits per heavy atom. The van der Waals surface area contributed by atoms with E-state index in [9.17, 15) is 0 Å². The molecule has 1 fully saturated rings. The van der Waals surface area contributed by atoms with Crippen molar-refractivity contribution in [2.24, 2.45) is 0 Å². The summed E-state index contributed by atoms with van der Waals surface area (Å²) in [7, 11) is 0. The standard InChI is InChI=1S/C11H16BrNOS/c12-11-4-3-10(15-11)5-6-13-8-9-2-1-7-14-9/h3-4,9,13H,1-2,5-8H2. The molecule has 1 N–H and O–H groups in total. The van der Waals surface area contributed by atoms with Crippen LogP contribution in [0.4, 0.5) is 0 Å². The third kappa shape index (κ3) is 3.87. The number of halogens is 1. The molecule has 0 aromatic carbocycles. The van der Waals surface area contributed by atoms with E-state index in [2.05, 4.69) is 33.4 Å². The van der Waals surface area contributed by atoms with E-state index in [-0.39, 0.29) is 0 Å². The summed E-state index contributed by atoms with van der Waals surface area (Å²) in [5, 5.41) is 3.45. The predicted octanol–water partition coefficient (Wildman–Crippen LogP) is 2.82. The normalized spacial score (nSPS) is 21.0. The van der Waals surface area contributed by atoms with Gasteiger partial charge in [0.05, 0.1) is 9.89 Å². The fourth-order valence-corrected chi connectivity index (χ4v) is 3.25. The monoisotopic (exact) mass is 289 g/mol. The zero-order valence-corrected chi connectivity index (χ0v) is 11.1. The van der Waals surface area contributed by atoms with Gasteiger partial charge in [0.1, 0.15) is 0 Å². The number of hydrogen-bond donors (Lipinski definition) is 1. The maximum atomic E-state index is 5.54. The molecule has 2 heterocycles. The Kier molecular flexibility index (Phi) is 4.62. The summed E-state index contributed by atoms with van der Waals surface area (Å²) in [6, 6.07) is 4.29. The van der Waals surface area contributed by atoms with Crippen LogP contribution >= 0.6 is 27.3 Å². The molecule has 0 bridgehead atoms. The smallest absolute Gasteiger partial charge is 0.0701 e. The van der Waals surface area contributed by atoms with E-state index in [4.69, 9.17) is 4.74 Å². The van der Waals surface area contributed by atoms with Crippen molar-refractivity contribution in [3.8, 4) is 0 Å². The van der Waals surface area contributed by atoms with Gasteiger partial charge in [-0.15, -0.1) is 11.3 Å². The largest absolute Gasteiger partial charge is 0.377 e. The highest BCUT2D eigenvalue weighted by molar-refractivity contribution is 9.11. The summed E-state index contributed by atoms with van der Waals surface area (Å²) in [4.78, 5) is 1.43. The molecular weight excluding hydrogens is 274 g/mol. The Morgan fingerprint density at radius 2 is 2.47 bits per heavy atom. The molecule has 1 aliphatic heterocycles. The van der Waals surface area contributed by atoms with Crippen LogP contribution in [0.1, 0.15) is 17.7 Å². The summed E-state index contributed by atoms with van der Waals surface area (Å²) < 4.78 is 6.76. The van der Waals surface area contributed by atoms with Crippen molar-refractivity contribution < 1.29 is 4.74 Å². The van der Waals surface area contributed by atoms with Crippen LogP contribution in [0, 0.1) is 0 Å². The second-order valence-electron chi connectivity index (χ2n) is 3.79. The van der Waals surface area contributed by atoms with Gasteiger partial charge in [-0.25, -0.2) is 0 Å². The van der Waals surface area contributed by atoms with Gasteiger partial charge in [-0.05, 0) is 47.3 Å². The molecule has 0 amide bonds. The van der Waals surface area contributed by atoms with E-state index >= 15 is 0 Å². The Labute approximate surface area is 103 Å². The van der Waals surface area contributed by atoms with Crippen molar-refractivity contribution >= 4 is 27.3 Å². The molecular formula is C11H16BrNOS. The molecule has 1 aromatic rings. The minimum Gasteiger partial charge on any atom is -0.377 e. The van der Waals surface area contributed by atoms with Gasteiger partial charge >= 0.3 is 0 Å². The Balaban J connectivity index is 1.58. The molecule has 1 aliphatic rings. The first-order valence-corrected chi connectivity index (χ1v) is 7.02. The predicted molar refractivity (Wildman–Crippen MR) is 67.6 cm³/mol. The number of rotatable bonds is 5. The van der Waals surface area contributed by atoms with Gasteiger partial charge in [-0.2, -0.15) is 0 Å². The molecule has 0 spiro atoms. The third-order valence-electron chi connectivity index (χ3n) is 2.57. The molecule has 1 atom stereocenters. The molecule has 0 aliphatic carbocycles. The second kappa shape index (κ2) is 5.99. The number of thiophene rings is 1. The van der Waals surface area contributed by atoms with E-state index in [1.54, 1.807) is 0 Å². The van der Waals surface area contributed by atoms with Crippen molar-refractivity contribution in [1.82, 2.24) is 5.32 Å². The molecule has 1 unspecified atom stereocenters. The Hall–Kier alpha value is 0.1000. The van der Waals surface area contributed by atoms with Gasteiger partial charge < -0.3 is 10.1 Å². The maximum absolute atomic E-state index is 5.54. The van der Waals surface area contributed by atoms with Crippen LogP contribution in [0.5, 0.6) is 0 Å². The summed E-state index contributed by atoms with van der Waals surface area (Å²) >= 11 is 5.29. The van der Waals surface area contributed by atoms with E-state index in [1.165, 1.54) is 21.5 Å². The van der Waals surface area contributed by atoms with Gasteiger partial charge in [0, 0.05) is 24.6 Å². The molecule has 1 saturated heterocycles. The van der Waals surface area contributed by atoms with Crippen molar-refractivity contribution in [3.05, 3.63) is 20.8 Å². The first kappa shape index (κ1) is 11.6. The van der Waals surface area contributed by atoms with Gasteiger partial charge in [-0.1, -0.05) is 0 Å². The molecule has 0 radical (unpaired) electrons. The minimum atomic E-state index is 0.458. The van der Waals surface area contributed by atoms with E-state index in [0.717, 1.165) is 26.1 Å². The molecule has 2 nitrogen and oxygen atoms in total. The Morgan fingerprint density at radius 1 is 1.53 bits per heavy atom. The Bertz CT molecular complexity index is 297. The van der Waals surface area contributed by atoms with Gasteiger partial charge in [0.15, 0.2) is 0 Å². The van der Waals surface area contributed by atoms with E-state index in [0.29, 0.717) is 6.10 Å². The van der Waals surface area contributed by atoms with Crippen LogP contribution in [-0.4, -0.2) is 25.8 Å². The average molecular weight is 290 g/mol. The van der Waals surface area contributed by atoms with Crippen molar-refractivity contribution in [2.45, 2.75) is 25.4 Å². The zero-order chi connectivity index (χ0) is 10.5. The maximum Gasteiger partial charge on any atom is 0.0701 e. The summed E-state index contributed by atoms with van der Waals surface area (Å²) in [5.41, 5.74) is 0. The lowest BCUT2D eigenvalue weighted by atomic mass is 10.2. The van der Waals surface area contributed by atoms with E-state index < -0.39 is 0 Å². The third-order valence-corrected chi connectivity index (χ3v) is 4.26. The highest BCUT2D eigenvalue weighted by atomic mass is 79.9. The number of hydrogen-bond acceptors (Lipinski definition) is 3. The summed E-state index contributed by atoms with van der Waals surface area (Å²) in [5.74, 6) is 0. The molecule has 0 saturated carbocycles. The van der Waals surface area contributed by atoms with Gasteiger partial charge in [-0.3, -0.25) is 0 Å². The molecule has 1 aromatic heterocycles. The average Bonchev–Trinajstić information content (AvgIpc) is 2.84.